The number of likely N-dealkylation sites (tertiary alicyclic amines) is 1. The Hall–Kier alpha value is -2.20. The van der Waals surface area contributed by atoms with Crippen LogP contribution in [0.4, 0.5) is 0 Å². The molecule has 1 aromatic heterocycles. The number of rotatable bonds is 3. The van der Waals surface area contributed by atoms with E-state index in [1.807, 2.05) is 12.4 Å². The minimum atomic E-state index is 0.177. The predicted octanol–water partition coefficient (Wildman–Crippen LogP) is 1.46. The Morgan fingerprint density at radius 3 is 2.80 bits per heavy atom. The Morgan fingerprint density at radius 2 is 1.96 bits per heavy atom. The van der Waals surface area contributed by atoms with E-state index in [9.17, 15) is 4.79 Å². The van der Waals surface area contributed by atoms with E-state index in [-0.39, 0.29) is 5.92 Å². The summed E-state index contributed by atoms with van der Waals surface area (Å²) in [6.45, 7) is 4.76. The van der Waals surface area contributed by atoms with Crippen LogP contribution in [0.25, 0.3) is 0 Å². The molecule has 3 heterocycles. The number of hydrogen-bond donors (Lipinski definition) is 1. The zero-order chi connectivity index (χ0) is 17.1. The Bertz CT molecular complexity index is 731. The van der Waals surface area contributed by atoms with Crippen LogP contribution in [0.2, 0.25) is 0 Å². The van der Waals surface area contributed by atoms with E-state index in [1.165, 1.54) is 21.6 Å². The van der Waals surface area contributed by atoms with Crippen LogP contribution in [-0.4, -0.2) is 35.4 Å². The molecule has 2 aromatic rings. The number of nitrogens with zero attached hydrogens (tertiary/aromatic N) is 2. The van der Waals surface area contributed by atoms with Gasteiger partial charge in [0.2, 0.25) is 5.91 Å². The molecule has 0 spiro atoms. The fourth-order valence-electron chi connectivity index (χ4n) is 4.25. The van der Waals surface area contributed by atoms with Gasteiger partial charge in [-0.25, -0.2) is 0 Å². The summed E-state index contributed by atoms with van der Waals surface area (Å²) >= 11 is 0. The Kier molecular flexibility index (Phi) is 4.79. The summed E-state index contributed by atoms with van der Waals surface area (Å²) in [5, 5.41) is 0. The molecule has 2 aliphatic rings. The zero-order valence-corrected chi connectivity index (χ0v) is 14.7. The zero-order valence-electron chi connectivity index (χ0n) is 14.7. The van der Waals surface area contributed by atoms with Crippen LogP contribution in [0.15, 0.2) is 48.8 Å². The molecule has 4 nitrogen and oxygen atoms in total. The molecule has 2 unspecified atom stereocenters. The van der Waals surface area contributed by atoms with Crippen molar-refractivity contribution in [1.29, 1.82) is 0 Å². The van der Waals surface area contributed by atoms with Crippen LogP contribution in [0.5, 0.6) is 0 Å². The summed E-state index contributed by atoms with van der Waals surface area (Å²) < 4.78 is 0. The minimum Gasteiger partial charge on any atom is -0.338 e. The maximum atomic E-state index is 13.1. The molecule has 2 aliphatic heterocycles. The summed E-state index contributed by atoms with van der Waals surface area (Å²) in [5.41, 5.74) is 4.03. The fourth-order valence-corrected chi connectivity index (χ4v) is 4.25. The van der Waals surface area contributed by atoms with Crippen molar-refractivity contribution >= 4 is 5.91 Å². The first-order valence-electron chi connectivity index (χ1n) is 9.37. The van der Waals surface area contributed by atoms with Crippen LogP contribution in [-0.2, 0) is 24.3 Å². The molecular formula is C21H26N3O+. The Balaban J connectivity index is 1.39. The van der Waals surface area contributed by atoms with E-state index < -0.39 is 0 Å². The summed E-state index contributed by atoms with van der Waals surface area (Å²) in [6.07, 6.45) is 6.87. The fraction of sp³-hybridized carbons (Fsp3) is 0.429. The molecule has 4 heteroatoms. The second-order valence-corrected chi connectivity index (χ2v) is 7.35. The van der Waals surface area contributed by atoms with Crippen LogP contribution in [0, 0.1) is 5.92 Å². The minimum absolute atomic E-state index is 0.177. The van der Waals surface area contributed by atoms with E-state index in [0.29, 0.717) is 5.91 Å². The van der Waals surface area contributed by atoms with Gasteiger partial charge in [-0.2, -0.15) is 0 Å². The Labute approximate surface area is 149 Å². The molecule has 0 saturated carbocycles. The lowest BCUT2D eigenvalue weighted by Crippen LogP contribution is -3.12. The molecule has 4 rings (SSSR count). The van der Waals surface area contributed by atoms with Gasteiger partial charge in [-0.1, -0.05) is 24.3 Å². The second kappa shape index (κ2) is 7.36. The highest BCUT2D eigenvalue weighted by molar-refractivity contribution is 5.79. The molecule has 0 radical (unpaired) electrons. The number of quaternary nitrogens is 1. The van der Waals surface area contributed by atoms with Gasteiger partial charge in [-0.15, -0.1) is 0 Å². The monoisotopic (exact) mass is 336 g/mol. The standard InChI is InChI=1S/C21H25N3O/c25-21(24-13-9-18-4-1-2-5-19(18)16-24)20-6-3-12-23(15-20)14-17-7-10-22-11-8-17/h1-2,4-5,7-8,10-11,20H,3,6,9,12-16H2/p+1. The van der Waals surface area contributed by atoms with Crippen molar-refractivity contribution in [2.75, 3.05) is 19.6 Å². The van der Waals surface area contributed by atoms with Crippen molar-refractivity contribution in [1.82, 2.24) is 9.88 Å². The average Bonchev–Trinajstić information content (AvgIpc) is 2.68. The van der Waals surface area contributed by atoms with E-state index >= 15 is 0 Å². The highest BCUT2D eigenvalue weighted by atomic mass is 16.2. The van der Waals surface area contributed by atoms with Gasteiger partial charge in [0.15, 0.2) is 0 Å². The van der Waals surface area contributed by atoms with Gasteiger partial charge in [0.25, 0.3) is 0 Å². The first-order valence-corrected chi connectivity index (χ1v) is 9.37. The van der Waals surface area contributed by atoms with E-state index in [1.54, 1.807) is 0 Å². The number of hydrogen-bond acceptors (Lipinski definition) is 2. The van der Waals surface area contributed by atoms with Crippen molar-refractivity contribution in [3.63, 3.8) is 0 Å². The number of carbonyl (C=O) groups excluding carboxylic acids is 1. The van der Waals surface area contributed by atoms with Gasteiger partial charge >= 0.3 is 0 Å². The molecule has 1 amide bonds. The first-order chi connectivity index (χ1) is 12.3. The van der Waals surface area contributed by atoms with Crippen molar-refractivity contribution in [3.8, 4) is 0 Å². The molecule has 25 heavy (non-hydrogen) atoms. The molecule has 0 aliphatic carbocycles. The summed E-state index contributed by atoms with van der Waals surface area (Å²) in [7, 11) is 0. The third kappa shape index (κ3) is 3.74. The topological polar surface area (TPSA) is 37.6 Å². The molecular weight excluding hydrogens is 310 g/mol. The summed E-state index contributed by atoms with van der Waals surface area (Å²) in [6, 6.07) is 12.7. The number of fused-ring (bicyclic) bond motifs is 1. The second-order valence-electron chi connectivity index (χ2n) is 7.35. The molecule has 0 bridgehead atoms. The summed E-state index contributed by atoms with van der Waals surface area (Å²) in [5.74, 6) is 0.539. The highest BCUT2D eigenvalue weighted by Gasteiger charge is 2.32. The number of piperidine rings is 1. The predicted molar refractivity (Wildman–Crippen MR) is 96.9 cm³/mol. The van der Waals surface area contributed by atoms with Crippen molar-refractivity contribution in [3.05, 3.63) is 65.5 Å². The maximum Gasteiger partial charge on any atom is 0.231 e. The largest absolute Gasteiger partial charge is 0.338 e. The van der Waals surface area contributed by atoms with Crippen LogP contribution in [0.3, 0.4) is 0 Å². The normalized spacial score (nSPS) is 23.1. The van der Waals surface area contributed by atoms with Gasteiger partial charge in [0.05, 0.1) is 19.0 Å². The van der Waals surface area contributed by atoms with Crippen molar-refractivity contribution < 1.29 is 9.69 Å². The number of carbonyl (C=O) groups is 1. The number of benzene rings is 1. The van der Waals surface area contributed by atoms with Gasteiger partial charge in [0, 0.05) is 31.0 Å². The molecule has 130 valence electrons. The molecule has 1 N–H and O–H groups in total. The van der Waals surface area contributed by atoms with Gasteiger partial charge < -0.3 is 9.80 Å². The number of pyridine rings is 1. The maximum absolute atomic E-state index is 13.1. The lowest BCUT2D eigenvalue weighted by Gasteiger charge is -2.35. The van der Waals surface area contributed by atoms with E-state index in [0.717, 1.165) is 52.0 Å². The highest BCUT2D eigenvalue weighted by Crippen LogP contribution is 2.21. The van der Waals surface area contributed by atoms with Crippen LogP contribution >= 0.6 is 0 Å². The smallest absolute Gasteiger partial charge is 0.231 e. The first kappa shape index (κ1) is 16.3. The molecule has 1 fully saturated rings. The Morgan fingerprint density at radius 1 is 1.16 bits per heavy atom. The number of amides is 1. The third-order valence-electron chi connectivity index (χ3n) is 5.61. The lowest BCUT2D eigenvalue weighted by molar-refractivity contribution is -0.921. The van der Waals surface area contributed by atoms with Crippen LogP contribution < -0.4 is 4.90 Å². The molecule has 1 aromatic carbocycles. The lowest BCUT2D eigenvalue weighted by atomic mass is 9.93. The average molecular weight is 336 g/mol. The number of nitrogens with one attached hydrogen (secondary N) is 1. The quantitative estimate of drug-likeness (QED) is 0.921. The molecule has 1 saturated heterocycles. The van der Waals surface area contributed by atoms with E-state index in [4.69, 9.17) is 0 Å². The summed E-state index contributed by atoms with van der Waals surface area (Å²) in [4.78, 5) is 20.8. The van der Waals surface area contributed by atoms with Gasteiger partial charge in [-0.05, 0) is 42.5 Å². The van der Waals surface area contributed by atoms with Crippen molar-refractivity contribution in [2.24, 2.45) is 5.92 Å². The van der Waals surface area contributed by atoms with Crippen LogP contribution in [0.1, 0.15) is 29.5 Å². The van der Waals surface area contributed by atoms with Crippen molar-refractivity contribution in [2.45, 2.75) is 32.4 Å². The van der Waals surface area contributed by atoms with Gasteiger partial charge in [0.1, 0.15) is 6.54 Å². The SMILES string of the molecule is O=C(C1CCC[NH+](Cc2ccncc2)C1)N1CCc2ccccc2C1. The number of aromatic nitrogens is 1. The molecule has 2 atom stereocenters. The third-order valence-corrected chi connectivity index (χ3v) is 5.61. The van der Waals surface area contributed by atoms with E-state index in [2.05, 4.69) is 46.3 Å². The van der Waals surface area contributed by atoms with Gasteiger partial charge in [-0.3, -0.25) is 9.78 Å².